The molecule has 2 N–H and O–H groups in total. The van der Waals surface area contributed by atoms with Crippen LogP contribution in [0.1, 0.15) is 10.4 Å². The number of nitrogens with one attached hydrogen (secondary N) is 2. The maximum Gasteiger partial charge on any atom is 0.258 e. The van der Waals surface area contributed by atoms with Gasteiger partial charge in [0.25, 0.3) is 11.8 Å². The Morgan fingerprint density at radius 3 is 2.02 bits per heavy atom. The summed E-state index contributed by atoms with van der Waals surface area (Å²) < 4.78 is 51.5. The van der Waals surface area contributed by atoms with E-state index in [0.717, 1.165) is 6.07 Å². The van der Waals surface area contributed by atoms with Gasteiger partial charge in [-0.05, 0) is 52.0 Å². The molecule has 20 heteroatoms. The number of carbonyl (C=O) groups is 2. The van der Waals surface area contributed by atoms with E-state index >= 15 is 0 Å². The van der Waals surface area contributed by atoms with Crippen molar-refractivity contribution < 1.29 is 56.6 Å². The Kier molecular flexibility index (Phi) is 10.8. The summed E-state index contributed by atoms with van der Waals surface area (Å²) in [5, 5.41) is 38.7. The molecule has 2 amide bonds. The van der Waals surface area contributed by atoms with Gasteiger partial charge in [0, 0.05) is 50.3 Å². The lowest BCUT2D eigenvalue weighted by molar-refractivity contribution is -0.777. The lowest BCUT2D eigenvalue weighted by Gasteiger charge is -2.21. The molecule has 5 rings (SSSR count). The van der Waals surface area contributed by atoms with Crippen molar-refractivity contribution in [2.75, 3.05) is 19.7 Å². The molecule has 244 valence electrons. The zero-order chi connectivity index (χ0) is 33.6. The van der Waals surface area contributed by atoms with Gasteiger partial charge in [0.15, 0.2) is 6.61 Å². The summed E-state index contributed by atoms with van der Waals surface area (Å²) in [4.78, 5) is 27.4. The van der Waals surface area contributed by atoms with E-state index in [1.165, 1.54) is 42.5 Å². The average Bonchev–Trinajstić information content (AvgIpc) is 3.06. The molecule has 47 heavy (non-hydrogen) atoms. The molecule has 0 bridgehead atoms. The van der Waals surface area contributed by atoms with Crippen molar-refractivity contribution in [2.24, 2.45) is 5.11 Å². The van der Waals surface area contributed by atoms with Crippen LogP contribution in [0.5, 0.6) is 5.75 Å². The zero-order valence-corrected chi connectivity index (χ0v) is 25.8. The molecule has 0 saturated heterocycles. The van der Waals surface area contributed by atoms with Gasteiger partial charge in [-0.15, -0.1) is 0 Å². The molecule has 0 aliphatic carbocycles. The highest BCUT2D eigenvalue weighted by Gasteiger charge is 2.22. The second-order valence-corrected chi connectivity index (χ2v) is 12.2. The topological polar surface area (TPSA) is 256 Å². The molecule has 0 aliphatic rings. The molecular formula is C27H18N5O12S3-3. The summed E-state index contributed by atoms with van der Waals surface area (Å²) in [5.41, 5.74) is 9.15. The standard InChI is InChI=1S/C27H21N5O12S3/c28-32-31-15-3-1-14(2-4-15)27(34)30-10-9-29-24(33)13-40-20-11-21(45-43-41-35)17-6-7-18-22(46-44-42-36)12-23(47(37,38)39)19-8-5-16(20)25(17)26(18)19/h1-8,11-12,35-36H,9-10,13H2,(H,29,33)(H,30,34)(H,37,38,39)/p-3. The van der Waals surface area contributed by atoms with Crippen LogP contribution in [0.15, 0.2) is 80.5 Å². The van der Waals surface area contributed by atoms with Crippen LogP contribution in [0.4, 0.5) is 5.69 Å². The molecule has 17 nitrogen and oxygen atoms in total. The normalized spacial score (nSPS) is 11.6. The summed E-state index contributed by atoms with van der Waals surface area (Å²) in [7, 11) is -5.02. The first-order valence-corrected chi connectivity index (χ1v) is 15.9. The molecule has 5 aromatic carbocycles. The van der Waals surface area contributed by atoms with Crippen LogP contribution in [0, 0.1) is 0 Å². The summed E-state index contributed by atoms with van der Waals surface area (Å²) in [6.07, 6.45) is 0. The summed E-state index contributed by atoms with van der Waals surface area (Å²) in [5.74, 6) is -0.835. The maximum absolute atomic E-state index is 12.6. The highest BCUT2D eigenvalue weighted by molar-refractivity contribution is 7.95. The lowest BCUT2D eigenvalue weighted by Crippen LogP contribution is -2.36. The molecule has 0 spiro atoms. The minimum Gasteiger partial charge on any atom is -0.744 e. The predicted octanol–water partition coefficient (Wildman–Crippen LogP) is 2.82. The fourth-order valence-corrected chi connectivity index (χ4v) is 6.66. The molecule has 0 radical (unpaired) electrons. The van der Waals surface area contributed by atoms with E-state index in [1.807, 2.05) is 0 Å². The van der Waals surface area contributed by atoms with Crippen LogP contribution in [0.3, 0.4) is 0 Å². The van der Waals surface area contributed by atoms with Crippen molar-refractivity contribution >= 4 is 84.0 Å². The molecule has 0 heterocycles. The van der Waals surface area contributed by atoms with Crippen molar-refractivity contribution in [3.8, 4) is 5.75 Å². The highest BCUT2D eigenvalue weighted by atomic mass is 32.2. The van der Waals surface area contributed by atoms with E-state index in [1.54, 1.807) is 12.1 Å². The van der Waals surface area contributed by atoms with Crippen LogP contribution < -0.4 is 25.9 Å². The van der Waals surface area contributed by atoms with Gasteiger partial charge in [0.1, 0.15) is 15.9 Å². The Morgan fingerprint density at radius 2 is 1.40 bits per heavy atom. The third-order valence-electron chi connectivity index (χ3n) is 6.70. The number of hydrogen-bond donors (Lipinski definition) is 2. The Morgan fingerprint density at radius 1 is 0.830 bits per heavy atom. The average molecular weight is 701 g/mol. The minimum absolute atomic E-state index is 0.0565. The molecule has 0 aromatic heterocycles. The van der Waals surface area contributed by atoms with Gasteiger partial charge in [-0.25, -0.2) is 8.42 Å². The lowest BCUT2D eigenvalue weighted by atomic mass is 9.93. The number of ether oxygens (including phenoxy) is 1. The van der Waals surface area contributed by atoms with Gasteiger partial charge < -0.3 is 30.4 Å². The van der Waals surface area contributed by atoms with Crippen molar-refractivity contribution in [3.05, 3.63) is 76.7 Å². The third kappa shape index (κ3) is 7.59. The van der Waals surface area contributed by atoms with Crippen molar-refractivity contribution in [3.63, 3.8) is 0 Å². The van der Waals surface area contributed by atoms with Gasteiger partial charge >= 0.3 is 0 Å². The molecule has 0 fully saturated rings. The van der Waals surface area contributed by atoms with E-state index in [2.05, 4.69) is 39.4 Å². The van der Waals surface area contributed by atoms with Crippen LogP contribution in [0.2, 0.25) is 0 Å². The van der Waals surface area contributed by atoms with Crippen molar-refractivity contribution in [1.82, 2.24) is 10.6 Å². The first-order chi connectivity index (χ1) is 22.7. The monoisotopic (exact) mass is 700 g/mol. The number of nitrogens with zero attached hydrogens (tertiary/aromatic N) is 3. The summed E-state index contributed by atoms with van der Waals surface area (Å²) >= 11 is 0.919. The Bertz CT molecular complexity index is 2110. The molecule has 0 atom stereocenters. The van der Waals surface area contributed by atoms with Gasteiger partial charge in [-0.3, -0.25) is 19.7 Å². The van der Waals surface area contributed by atoms with Gasteiger partial charge in [0.05, 0.1) is 33.9 Å². The fourth-order valence-electron chi connectivity index (χ4n) is 4.84. The van der Waals surface area contributed by atoms with E-state index in [4.69, 9.17) is 10.3 Å². The van der Waals surface area contributed by atoms with Crippen molar-refractivity contribution in [2.45, 2.75) is 14.7 Å². The quantitative estimate of drug-likeness (QED) is 0.0183. The molecule has 5 aromatic rings. The van der Waals surface area contributed by atoms with Crippen LogP contribution in [-0.2, 0) is 33.7 Å². The SMILES string of the molecule is [N-]=[N+]=Nc1ccc(C(=O)NCCNC(=O)COc2cc(SOO[O-])c3ccc4c(SOO[O-])cc(S(=O)(=O)[O-])c5ccc2c3c45)cc1. The van der Waals surface area contributed by atoms with Gasteiger partial charge in [-0.1, -0.05) is 35.4 Å². The first-order valence-electron chi connectivity index (χ1n) is 13.0. The van der Waals surface area contributed by atoms with Crippen LogP contribution in [-0.4, -0.2) is 44.5 Å². The van der Waals surface area contributed by atoms with E-state index < -0.39 is 33.4 Å². The number of azide groups is 1. The molecule has 0 saturated carbocycles. The molecule has 0 unspecified atom stereocenters. The van der Waals surface area contributed by atoms with E-state index in [0.29, 0.717) is 56.9 Å². The predicted molar refractivity (Wildman–Crippen MR) is 160 cm³/mol. The van der Waals surface area contributed by atoms with Crippen molar-refractivity contribution in [1.29, 1.82) is 0 Å². The van der Waals surface area contributed by atoms with Gasteiger partial charge in [-0.2, -0.15) is 8.67 Å². The number of benzene rings is 5. The minimum atomic E-state index is -5.02. The fraction of sp³-hybridized carbons (Fsp3) is 0.111. The first kappa shape index (κ1) is 33.9. The highest BCUT2D eigenvalue weighted by Crippen LogP contribution is 2.47. The molecular weight excluding hydrogens is 683 g/mol. The zero-order valence-electron chi connectivity index (χ0n) is 23.4. The summed E-state index contributed by atoms with van der Waals surface area (Å²) in [6, 6.07) is 14.6. The summed E-state index contributed by atoms with van der Waals surface area (Å²) in [6.45, 7) is -0.347. The Hall–Kier alpha value is -4.44. The van der Waals surface area contributed by atoms with E-state index in [9.17, 15) is 33.1 Å². The smallest absolute Gasteiger partial charge is 0.258 e. The number of carbonyl (C=O) groups excluding carboxylic acids is 2. The Labute approximate surface area is 272 Å². The second-order valence-electron chi connectivity index (χ2n) is 9.34. The third-order valence-corrected chi connectivity index (χ3v) is 8.86. The second kappa shape index (κ2) is 15.0. The van der Waals surface area contributed by atoms with Gasteiger partial charge in [0.2, 0.25) is 0 Å². The van der Waals surface area contributed by atoms with Crippen LogP contribution in [0.25, 0.3) is 42.8 Å². The Balaban J connectivity index is 1.39. The number of hydrogen-bond acceptors (Lipinski definition) is 15. The largest absolute Gasteiger partial charge is 0.744 e. The number of amides is 2. The van der Waals surface area contributed by atoms with E-state index in [-0.39, 0.29) is 39.4 Å². The number of rotatable bonds is 15. The van der Waals surface area contributed by atoms with Crippen LogP contribution >= 0.6 is 24.1 Å². The molecule has 0 aliphatic heterocycles. The maximum atomic E-state index is 12.6.